The fraction of sp³-hybridized carbons (Fsp3) is 0.667. The lowest BCUT2D eigenvalue weighted by atomic mass is 9.80. The lowest BCUT2D eigenvalue weighted by molar-refractivity contribution is -0.136. The van der Waals surface area contributed by atoms with Gasteiger partial charge in [0.05, 0.1) is 0 Å². The number of rotatable bonds is 4. The number of piperidine rings is 2. The van der Waals surface area contributed by atoms with Crippen LogP contribution < -0.4 is 10.2 Å². The molecule has 1 aromatic rings. The molecule has 10 heteroatoms. The van der Waals surface area contributed by atoms with Gasteiger partial charge in [-0.3, -0.25) is 19.7 Å². The normalized spacial score (nSPS) is 24.1. The van der Waals surface area contributed by atoms with Crippen LogP contribution in [-0.4, -0.2) is 96.0 Å². The third-order valence-electron chi connectivity index (χ3n) is 8.69. The summed E-state index contributed by atoms with van der Waals surface area (Å²) in [6, 6.07) is 5.42. The first kappa shape index (κ1) is 28.4. The van der Waals surface area contributed by atoms with Gasteiger partial charge in [-0.2, -0.15) is 0 Å². The van der Waals surface area contributed by atoms with Gasteiger partial charge in [0, 0.05) is 63.5 Å². The number of amides is 4. The van der Waals surface area contributed by atoms with Gasteiger partial charge in [0.15, 0.2) is 0 Å². The van der Waals surface area contributed by atoms with Gasteiger partial charge in [-0.25, -0.2) is 4.79 Å². The van der Waals surface area contributed by atoms with Crippen molar-refractivity contribution in [3.05, 3.63) is 29.3 Å². The van der Waals surface area contributed by atoms with E-state index in [1.807, 2.05) is 37.8 Å². The molecule has 3 fully saturated rings. The summed E-state index contributed by atoms with van der Waals surface area (Å²) in [6.45, 7) is 14.8. The summed E-state index contributed by atoms with van der Waals surface area (Å²) in [6.07, 6.45) is 3.41. The maximum atomic E-state index is 13.1. The fourth-order valence-corrected chi connectivity index (χ4v) is 6.40. The molecule has 0 radical (unpaired) electrons. The highest BCUT2D eigenvalue weighted by Gasteiger charge is 2.39. The number of ether oxygens (including phenoxy) is 1. The molecule has 218 valence electrons. The van der Waals surface area contributed by atoms with E-state index < -0.39 is 11.6 Å². The van der Waals surface area contributed by atoms with E-state index >= 15 is 0 Å². The SMILES string of the molecule is CC1(CN2CCCN(c3ccc4c(c3)CN(C3CCC(=O)NC3=O)C4=O)CC2)CCN(C(=O)OC(C)(C)C)CC1. The molecule has 1 aromatic carbocycles. The highest BCUT2D eigenvalue weighted by molar-refractivity contribution is 6.05. The Kier molecular flexibility index (Phi) is 7.83. The van der Waals surface area contributed by atoms with Gasteiger partial charge >= 0.3 is 6.09 Å². The van der Waals surface area contributed by atoms with Gasteiger partial charge in [-0.1, -0.05) is 6.92 Å². The zero-order valence-electron chi connectivity index (χ0n) is 24.3. The molecule has 0 bridgehead atoms. The standard InChI is InChI=1S/C30H43N5O5/c1-29(2,3)40-28(39)34-14-10-30(4,11-15-34)20-32-12-5-13-33(17-16-32)22-6-7-23-21(18-22)19-35(27(23)38)24-8-9-25(36)31-26(24)37/h6-7,18,24H,5,8-17,19-20H2,1-4H3,(H,31,36,37). The Labute approximate surface area is 237 Å². The van der Waals surface area contributed by atoms with Crippen LogP contribution >= 0.6 is 0 Å². The Hall–Kier alpha value is -3.14. The fourth-order valence-electron chi connectivity index (χ4n) is 6.40. The van der Waals surface area contributed by atoms with E-state index in [1.54, 1.807) is 4.90 Å². The van der Waals surface area contributed by atoms with E-state index in [2.05, 4.69) is 28.1 Å². The number of anilines is 1. The second-order valence-corrected chi connectivity index (χ2v) is 13.1. The van der Waals surface area contributed by atoms with Gasteiger partial charge in [0.2, 0.25) is 11.8 Å². The minimum absolute atomic E-state index is 0.135. The average Bonchev–Trinajstić information content (AvgIpc) is 3.03. The van der Waals surface area contributed by atoms with E-state index in [0.717, 1.165) is 76.3 Å². The molecule has 4 aliphatic rings. The first-order chi connectivity index (χ1) is 18.9. The van der Waals surface area contributed by atoms with Gasteiger partial charge in [-0.05, 0) is 82.2 Å². The number of carbonyl (C=O) groups excluding carboxylic acids is 4. The second-order valence-electron chi connectivity index (χ2n) is 13.1. The number of fused-ring (bicyclic) bond motifs is 1. The van der Waals surface area contributed by atoms with Gasteiger partial charge in [0.1, 0.15) is 11.6 Å². The molecule has 4 heterocycles. The minimum Gasteiger partial charge on any atom is -0.444 e. The van der Waals surface area contributed by atoms with Gasteiger partial charge < -0.3 is 24.3 Å². The smallest absolute Gasteiger partial charge is 0.410 e. The molecule has 0 spiro atoms. The third kappa shape index (κ3) is 6.27. The lowest BCUT2D eigenvalue weighted by Crippen LogP contribution is -2.52. The number of nitrogens with zero attached hydrogens (tertiary/aromatic N) is 4. The van der Waals surface area contributed by atoms with E-state index in [9.17, 15) is 19.2 Å². The van der Waals surface area contributed by atoms with Crippen molar-refractivity contribution >= 4 is 29.5 Å². The summed E-state index contributed by atoms with van der Waals surface area (Å²) in [5.41, 5.74) is 2.39. The minimum atomic E-state index is -0.592. The lowest BCUT2D eigenvalue weighted by Gasteiger charge is -2.42. The molecular weight excluding hydrogens is 510 g/mol. The number of carbonyl (C=O) groups is 4. The number of benzene rings is 1. The Balaban J connectivity index is 1.15. The van der Waals surface area contributed by atoms with Crippen molar-refractivity contribution in [2.45, 2.75) is 78.0 Å². The zero-order valence-corrected chi connectivity index (χ0v) is 24.3. The zero-order chi connectivity index (χ0) is 28.7. The molecule has 4 aliphatic heterocycles. The first-order valence-electron chi connectivity index (χ1n) is 14.6. The molecule has 0 aromatic heterocycles. The van der Waals surface area contributed by atoms with Crippen molar-refractivity contribution in [3.8, 4) is 0 Å². The molecule has 10 nitrogen and oxygen atoms in total. The number of nitrogens with one attached hydrogen (secondary N) is 1. The Morgan fingerprint density at radius 1 is 1.05 bits per heavy atom. The van der Waals surface area contributed by atoms with E-state index in [4.69, 9.17) is 4.74 Å². The van der Waals surface area contributed by atoms with E-state index in [-0.39, 0.29) is 35.7 Å². The van der Waals surface area contributed by atoms with Gasteiger partial charge in [-0.15, -0.1) is 0 Å². The summed E-state index contributed by atoms with van der Waals surface area (Å²) in [4.78, 5) is 57.9. The Morgan fingerprint density at radius 2 is 1.80 bits per heavy atom. The molecule has 1 N–H and O–H groups in total. The largest absolute Gasteiger partial charge is 0.444 e. The monoisotopic (exact) mass is 553 g/mol. The molecule has 1 unspecified atom stereocenters. The van der Waals surface area contributed by atoms with Crippen molar-refractivity contribution < 1.29 is 23.9 Å². The number of likely N-dealkylation sites (tertiary alicyclic amines) is 1. The maximum Gasteiger partial charge on any atom is 0.410 e. The van der Waals surface area contributed by atoms with Crippen molar-refractivity contribution in [1.82, 2.24) is 20.0 Å². The van der Waals surface area contributed by atoms with Crippen LogP contribution in [0.1, 0.15) is 75.7 Å². The summed E-state index contributed by atoms with van der Waals surface area (Å²) >= 11 is 0. The molecule has 40 heavy (non-hydrogen) atoms. The number of hydrogen-bond donors (Lipinski definition) is 1. The van der Waals surface area contributed by atoms with E-state index in [1.165, 1.54) is 0 Å². The summed E-state index contributed by atoms with van der Waals surface area (Å²) < 4.78 is 5.56. The molecule has 1 atom stereocenters. The van der Waals surface area contributed by atoms with Crippen LogP contribution in [0.3, 0.4) is 0 Å². The number of hydrogen-bond acceptors (Lipinski definition) is 7. The summed E-state index contributed by atoms with van der Waals surface area (Å²) in [7, 11) is 0. The van der Waals surface area contributed by atoms with Crippen LogP contribution in [0.5, 0.6) is 0 Å². The van der Waals surface area contributed by atoms with Crippen LogP contribution in [-0.2, 0) is 20.9 Å². The third-order valence-corrected chi connectivity index (χ3v) is 8.69. The van der Waals surface area contributed by atoms with Crippen molar-refractivity contribution in [2.24, 2.45) is 5.41 Å². The van der Waals surface area contributed by atoms with Crippen molar-refractivity contribution in [1.29, 1.82) is 0 Å². The molecule has 4 amide bonds. The Bertz CT molecular complexity index is 1170. The average molecular weight is 554 g/mol. The van der Waals surface area contributed by atoms with Crippen molar-refractivity contribution in [2.75, 3.05) is 50.7 Å². The Morgan fingerprint density at radius 3 is 2.50 bits per heavy atom. The number of imide groups is 1. The van der Waals surface area contributed by atoms with Crippen LogP contribution in [0.2, 0.25) is 0 Å². The topological polar surface area (TPSA) is 103 Å². The maximum absolute atomic E-state index is 13.1. The molecule has 0 aliphatic carbocycles. The molecule has 3 saturated heterocycles. The first-order valence-corrected chi connectivity index (χ1v) is 14.6. The van der Waals surface area contributed by atoms with E-state index in [0.29, 0.717) is 18.5 Å². The molecule has 5 rings (SSSR count). The molecule has 0 saturated carbocycles. The van der Waals surface area contributed by atoms with Crippen LogP contribution in [0.4, 0.5) is 10.5 Å². The van der Waals surface area contributed by atoms with Gasteiger partial charge in [0.25, 0.3) is 5.91 Å². The second kappa shape index (κ2) is 11.0. The van der Waals surface area contributed by atoms with Crippen molar-refractivity contribution in [3.63, 3.8) is 0 Å². The highest BCUT2D eigenvalue weighted by atomic mass is 16.6. The highest BCUT2D eigenvalue weighted by Crippen LogP contribution is 2.34. The van der Waals surface area contributed by atoms with Crippen LogP contribution in [0, 0.1) is 5.41 Å². The predicted molar refractivity (Wildman–Crippen MR) is 151 cm³/mol. The van der Waals surface area contributed by atoms with Crippen LogP contribution in [0.25, 0.3) is 0 Å². The van der Waals surface area contributed by atoms with Crippen LogP contribution in [0.15, 0.2) is 18.2 Å². The summed E-state index contributed by atoms with van der Waals surface area (Å²) in [5.74, 6) is -0.790. The quantitative estimate of drug-likeness (QED) is 0.572. The summed E-state index contributed by atoms with van der Waals surface area (Å²) in [5, 5.41) is 2.37. The predicted octanol–water partition coefficient (Wildman–Crippen LogP) is 3.00. The molecular formula is C30H43N5O5.